The molecule has 1 N–H and O–H groups in total. The van der Waals surface area contributed by atoms with E-state index in [2.05, 4.69) is 4.72 Å². The number of para-hydroxylation sites is 1. The molecule has 1 aliphatic heterocycles. The molecule has 1 aliphatic rings. The van der Waals surface area contributed by atoms with Crippen LogP contribution in [-0.4, -0.2) is 38.0 Å². The molecule has 5 nitrogen and oxygen atoms in total. The van der Waals surface area contributed by atoms with Crippen LogP contribution in [0, 0.1) is 0 Å². The minimum atomic E-state index is -3.57. The Balaban J connectivity index is 2.13. The maximum atomic E-state index is 12.0. The van der Waals surface area contributed by atoms with Crippen LogP contribution in [0.3, 0.4) is 0 Å². The number of sulfonamides is 1. The van der Waals surface area contributed by atoms with Gasteiger partial charge in [0, 0.05) is 12.2 Å². The first-order chi connectivity index (χ1) is 8.09. The first-order valence-electron chi connectivity index (χ1n) is 5.16. The van der Waals surface area contributed by atoms with E-state index in [1.54, 1.807) is 24.3 Å². The molecule has 17 heavy (non-hydrogen) atoms. The molecule has 1 saturated heterocycles. The standard InChI is InChI=1S/C10H13ClN2O3S/c11-13-6-7-16-8-10(13)17(14,15)12-9-4-2-1-3-5-9/h1-5,10,12H,6-8H2. The van der Waals surface area contributed by atoms with E-state index >= 15 is 0 Å². The van der Waals surface area contributed by atoms with E-state index < -0.39 is 15.4 Å². The lowest BCUT2D eigenvalue weighted by Gasteiger charge is -2.29. The Morgan fingerprint density at radius 3 is 2.71 bits per heavy atom. The molecule has 0 radical (unpaired) electrons. The fourth-order valence-electron chi connectivity index (χ4n) is 1.54. The molecule has 0 aliphatic carbocycles. The number of benzene rings is 1. The molecular formula is C10H13ClN2O3S. The summed E-state index contributed by atoms with van der Waals surface area (Å²) >= 11 is 5.87. The Kier molecular flexibility index (Phi) is 3.88. The fraction of sp³-hybridized carbons (Fsp3) is 0.400. The lowest BCUT2D eigenvalue weighted by molar-refractivity contribution is 0.0600. The molecule has 94 valence electrons. The van der Waals surface area contributed by atoms with Gasteiger partial charge in [-0.25, -0.2) is 8.42 Å². The zero-order chi connectivity index (χ0) is 12.3. The predicted molar refractivity (Wildman–Crippen MR) is 66.2 cm³/mol. The van der Waals surface area contributed by atoms with Gasteiger partial charge in [0.2, 0.25) is 0 Å². The van der Waals surface area contributed by atoms with Crippen LogP contribution in [0.15, 0.2) is 30.3 Å². The van der Waals surface area contributed by atoms with Crippen LogP contribution in [0.2, 0.25) is 0 Å². The monoisotopic (exact) mass is 276 g/mol. The van der Waals surface area contributed by atoms with Gasteiger partial charge in [-0.1, -0.05) is 18.2 Å². The molecule has 0 amide bonds. The third-order valence-electron chi connectivity index (χ3n) is 2.41. The van der Waals surface area contributed by atoms with Crippen molar-refractivity contribution in [2.45, 2.75) is 5.37 Å². The second-order valence-electron chi connectivity index (χ2n) is 3.67. The second kappa shape index (κ2) is 5.22. The van der Waals surface area contributed by atoms with E-state index in [1.165, 1.54) is 4.42 Å². The normalized spacial score (nSPS) is 22.3. The summed E-state index contributed by atoms with van der Waals surface area (Å²) < 4.78 is 33.0. The number of hydrogen-bond acceptors (Lipinski definition) is 4. The molecule has 0 saturated carbocycles. The third-order valence-corrected chi connectivity index (χ3v) is 4.56. The van der Waals surface area contributed by atoms with Crippen LogP contribution < -0.4 is 4.72 Å². The second-order valence-corrected chi connectivity index (χ2v) is 5.94. The van der Waals surface area contributed by atoms with E-state index in [1.807, 2.05) is 6.07 Å². The molecule has 0 bridgehead atoms. The van der Waals surface area contributed by atoms with Crippen molar-refractivity contribution in [2.75, 3.05) is 24.5 Å². The largest absolute Gasteiger partial charge is 0.377 e. The van der Waals surface area contributed by atoms with Gasteiger partial charge >= 0.3 is 0 Å². The number of morpholine rings is 1. The number of hydrogen-bond donors (Lipinski definition) is 1. The molecule has 2 rings (SSSR count). The van der Waals surface area contributed by atoms with E-state index in [4.69, 9.17) is 16.5 Å². The average molecular weight is 277 g/mol. The zero-order valence-corrected chi connectivity index (χ0v) is 10.6. The summed E-state index contributed by atoms with van der Waals surface area (Å²) in [5, 5.41) is -0.863. The first kappa shape index (κ1) is 12.6. The number of halogens is 1. The summed E-state index contributed by atoms with van der Waals surface area (Å²) in [4.78, 5) is 0. The maximum absolute atomic E-state index is 12.0. The van der Waals surface area contributed by atoms with Crippen molar-refractivity contribution in [2.24, 2.45) is 0 Å². The molecule has 1 atom stereocenters. The van der Waals surface area contributed by atoms with Crippen molar-refractivity contribution in [3.8, 4) is 0 Å². The lowest BCUT2D eigenvalue weighted by Crippen LogP contribution is -2.47. The highest BCUT2D eigenvalue weighted by molar-refractivity contribution is 7.93. The van der Waals surface area contributed by atoms with Gasteiger partial charge in [0.05, 0.1) is 13.2 Å². The van der Waals surface area contributed by atoms with Crippen LogP contribution in [0.1, 0.15) is 0 Å². The van der Waals surface area contributed by atoms with Gasteiger partial charge in [-0.2, -0.15) is 4.42 Å². The fourth-order valence-corrected chi connectivity index (χ4v) is 3.26. The number of ether oxygens (including phenoxy) is 1. The molecular weight excluding hydrogens is 264 g/mol. The minimum absolute atomic E-state index is 0.0751. The smallest absolute Gasteiger partial charge is 0.252 e. The van der Waals surface area contributed by atoms with Gasteiger partial charge in [-0.05, 0) is 23.9 Å². The number of nitrogens with one attached hydrogen (secondary N) is 1. The van der Waals surface area contributed by atoms with Crippen molar-refractivity contribution in [3.05, 3.63) is 30.3 Å². The predicted octanol–water partition coefficient (Wildman–Crippen LogP) is 1.24. The molecule has 1 aromatic rings. The zero-order valence-electron chi connectivity index (χ0n) is 9.04. The topological polar surface area (TPSA) is 58.6 Å². The summed E-state index contributed by atoms with van der Waals surface area (Å²) in [6.45, 7) is 0.911. The van der Waals surface area contributed by atoms with Crippen LogP contribution in [0.25, 0.3) is 0 Å². The summed E-state index contributed by atoms with van der Waals surface area (Å²) in [5.74, 6) is 0. The summed E-state index contributed by atoms with van der Waals surface area (Å²) in [5.41, 5.74) is 0.517. The van der Waals surface area contributed by atoms with Gasteiger partial charge in [-0.3, -0.25) is 4.72 Å². The molecule has 7 heteroatoms. The lowest BCUT2D eigenvalue weighted by atomic mass is 10.3. The van der Waals surface area contributed by atoms with E-state index in [-0.39, 0.29) is 6.61 Å². The molecule has 1 fully saturated rings. The highest BCUT2D eigenvalue weighted by Crippen LogP contribution is 2.18. The molecule has 1 unspecified atom stereocenters. The first-order valence-corrected chi connectivity index (χ1v) is 7.05. The minimum Gasteiger partial charge on any atom is -0.377 e. The molecule has 1 heterocycles. The maximum Gasteiger partial charge on any atom is 0.252 e. The Morgan fingerprint density at radius 1 is 1.35 bits per heavy atom. The van der Waals surface area contributed by atoms with E-state index in [9.17, 15) is 8.42 Å². The van der Waals surface area contributed by atoms with Gasteiger partial charge in [0.1, 0.15) is 0 Å². The van der Waals surface area contributed by atoms with E-state index in [0.717, 1.165) is 0 Å². The van der Waals surface area contributed by atoms with E-state index in [0.29, 0.717) is 18.8 Å². The Bertz CT molecular complexity index is 466. The van der Waals surface area contributed by atoms with Crippen molar-refractivity contribution in [3.63, 3.8) is 0 Å². The Labute approximate surface area is 105 Å². The number of rotatable bonds is 3. The van der Waals surface area contributed by atoms with Crippen molar-refractivity contribution >= 4 is 27.5 Å². The third kappa shape index (κ3) is 3.10. The summed E-state index contributed by atoms with van der Waals surface area (Å²) in [6.07, 6.45) is 0. The van der Waals surface area contributed by atoms with Crippen molar-refractivity contribution in [1.82, 2.24) is 4.42 Å². The molecule has 0 spiro atoms. The summed E-state index contributed by atoms with van der Waals surface area (Å²) in [7, 11) is -3.57. The highest BCUT2D eigenvalue weighted by Gasteiger charge is 2.33. The van der Waals surface area contributed by atoms with Crippen LogP contribution in [-0.2, 0) is 14.8 Å². The number of anilines is 1. The Hall–Kier alpha value is -0.820. The van der Waals surface area contributed by atoms with Crippen molar-refractivity contribution in [1.29, 1.82) is 0 Å². The summed E-state index contributed by atoms with van der Waals surface area (Å²) in [6, 6.07) is 8.69. The van der Waals surface area contributed by atoms with Crippen molar-refractivity contribution < 1.29 is 13.2 Å². The van der Waals surface area contributed by atoms with Gasteiger partial charge in [0.15, 0.2) is 5.37 Å². The average Bonchev–Trinajstić information content (AvgIpc) is 2.30. The quantitative estimate of drug-likeness (QED) is 0.844. The van der Waals surface area contributed by atoms with Gasteiger partial charge in [-0.15, -0.1) is 0 Å². The number of nitrogens with zero attached hydrogens (tertiary/aromatic N) is 1. The van der Waals surface area contributed by atoms with Gasteiger partial charge in [0.25, 0.3) is 10.0 Å². The van der Waals surface area contributed by atoms with Crippen LogP contribution in [0.5, 0.6) is 0 Å². The highest BCUT2D eigenvalue weighted by atomic mass is 35.5. The van der Waals surface area contributed by atoms with Gasteiger partial charge < -0.3 is 4.74 Å². The van der Waals surface area contributed by atoms with Crippen LogP contribution in [0.4, 0.5) is 5.69 Å². The van der Waals surface area contributed by atoms with Crippen LogP contribution >= 0.6 is 11.8 Å². The molecule has 1 aromatic carbocycles. The molecule has 0 aromatic heterocycles. The Morgan fingerprint density at radius 2 is 2.06 bits per heavy atom. The SMILES string of the molecule is O=S(=O)(Nc1ccccc1)C1COCCN1Cl.